The number of carbonyl (C=O) groups is 1. The maximum atomic E-state index is 12.4. The van der Waals surface area contributed by atoms with Gasteiger partial charge in [-0.15, -0.1) is 0 Å². The van der Waals surface area contributed by atoms with Crippen molar-refractivity contribution in [2.75, 3.05) is 19.8 Å². The Morgan fingerprint density at radius 2 is 1.57 bits per heavy atom. The maximum absolute atomic E-state index is 12.4. The molecule has 118 valence electrons. The number of aryl methyl sites for hydroxylation is 2. The highest BCUT2D eigenvalue weighted by Gasteiger charge is 2.19. The SMILES string of the molecule is CCN(CC)CNC(=O)c1c(C)cc(C(C)(C)C)cc1C. The summed E-state index contributed by atoms with van der Waals surface area (Å²) in [5.74, 6) is 0.0253. The second-order valence-corrected chi connectivity index (χ2v) is 6.70. The molecule has 1 N–H and O–H groups in total. The third-order valence-electron chi connectivity index (χ3n) is 3.98. The molecule has 0 heterocycles. The van der Waals surface area contributed by atoms with Crippen LogP contribution < -0.4 is 5.32 Å². The highest BCUT2D eigenvalue weighted by molar-refractivity contribution is 5.97. The summed E-state index contributed by atoms with van der Waals surface area (Å²) < 4.78 is 0. The van der Waals surface area contributed by atoms with E-state index in [9.17, 15) is 4.79 Å². The lowest BCUT2D eigenvalue weighted by atomic mass is 9.83. The molecule has 1 rings (SSSR count). The van der Waals surface area contributed by atoms with Crippen LogP contribution in [0.3, 0.4) is 0 Å². The Hall–Kier alpha value is -1.35. The molecule has 21 heavy (non-hydrogen) atoms. The van der Waals surface area contributed by atoms with Gasteiger partial charge >= 0.3 is 0 Å². The van der Waals surface area contributed by atoms with Crippen LogP contribution in [0.15, 0.2) is 12.1 Å². The number of nitrogens with zero attached hydrogens (tertiary/aromatic N) is 1. The van der Waals surface area contributed by atoms with Gasteiger partial charge in [0, 0.05) is 5.56 Å². The van der Waals surface area contributed by atoms with Crippen LogP contribution in [0, 0.1) is 13.8 Å². The molecule has 0 aromatic heterocycles. The molecule has 0 saturated heterocycles. The molecule has 0 unspecified atom stereocenters. The first-order chi connectivity index (χ1) is 9.70. The number of amides is 1. The van der Waals surface area contributed by atoms with Gasteiger partial charge in [-0.25, -0.2) is 0 Å². The Balaban J connectivity index is 2.96. The molecule has 0 atom stereocenters. The minimum absolute atomic E-state index is 0.0253. The second-order valence-electron chi connectivity index (χ2n) is 6.70. The third kappa shape index (κ3) is 4.57. The van der Waals surface area contributed by atoms with Crippen LogP contribution in [0.1, 0.15) is 61.7 Å². The molecule has 1 aromatic carbocycles. The molecule has 0 saturated carbocycles. The number of rotatable bonds is 5. The van der Waals surface area contributed by atoms with Crippen LogP contribution in [0.4, 0.5) is 0 Å². The van der Waals surface area contributed by atoms with E-state index in [-0.39, 0.29) is 11.3 Å². The van der Waals surface area contributed by atoms with E-state index in [0.29, 0.717) is 6.67 Å². The highest BCUT2D eigenvalue weighted by atomic mass is 16.1. The first-order valence-electron chi connectivity index (χ1n) is 7.83. The molecular weight excluding hydrogens is 260 g/mol. The Kier molecular flexibility index (Phi) is 5.97. The van der Waals surface area contributed by atoms with Gasteiger partial charge in [0.05, 0.1) is 6.67 Å². The normalized spacial score (nSPS) is 11.8. The van der Waals surface area contributed by atoms with Crippen LogP contribution in [0.25, 0.3) is 0 Å². The van der Waals surface area contributed by atoms with E-state index >= 15 is 0 Å². The molecule has 1 amide bonds. The van der Waals surface area contributed by atoms with E-state index in [2.05, 4.69) is 57.0 Å². The van der Waals surface area contributed by atoms with E-state index in [4.69, 9.17) is 0 Å². The lowest BCUT2D eigenvalue weighted by molar-refractivity contribution is 0.0925. The lowest BCUT2D eigenvalue weighted by Crippen LogP contribution is -2.38. The quantitative estimate of drug-likeness (QED) is 0.840. The minimum Gasteiger partial charge on any atom is -0.339 e. The molecule has 0 radical (unpaired) electrons. The standard InChI is InChI=1S/C18H30N2O/c1-8-20(9-2)12-19-17(21)16-13(3)10-15(11-14(16)4)18(5,6)7/h10-11H,8-9,12H2,1-7H3,(H,19,21). The minimum atomic E-state index is 0.0253. The van der Waals surface area contributed by atoms with Crippen molar-refractivity contribution in [1.29, 1.82) is 0 Å². The van der Waals surface area contributed by atoms with Crippen molar-refractivity contribution in [2.45, 2.75) is 53.9 Å². The number of benzene rings is 1. The summed E-state index contributed by atoms with van der Waals surface area (Å²) in [4.78, 5) is 14.6. The van der Waals surface area contributed by atoms with Crippen LogP contribution in [-0.4, -0.2) is 30.6 Å². The van der Waals surface area contributed by atoms with Gasteiger partial charge in [-0.05, 0) is 49.0 Å². The fraction of sp³-hybridized carbons (Fsp3) is 0.611. The van der Waals surface area contributed by atoms with E-state index in [0.717, 1.165) is 29.8 Å². The fourth-order valence-corrected chi connectivity index (χ4v) is 2.47. The summed E-state index contributed by atoms with van der Waals surface area (Å²) in [6.07, 6.45) is 0. The summed E-state index contributed by atoms with van der Waals surface area (Å²) in [5, 5.41) is 3.03. The monoisotopic (exact) mass is 290 g/mol. The number of hydrogen-bond donors (Lipinski definition) is 1. The van der Waals surface area contributed by atoms with Crippen molar-refractivity contribution in [2.24, 2.45) is 0 Å². The van der Waals surface area contributed by atoms with Crippen molar-refractivity contribution in [3.8, 4) is 0 Å². The Bertz CT molecular complexity index is 473. The molecule has 1 aromatic rings. The first-order valence-corrected chi connectivity index (χ1v) is 7.83. The smallest absolute Gasteiger partial charge is 0.252 e. The lowest BCUT2D eigenvalue weighted by Gasteiger charge is -2.23. The van der Waals surface area contributed by atoms with E-state index < -0.39 is 0 Å². The average Bonchev–Trinajstić information content (AvgIpc) is 2.38. The zero-order chi connectivity index (χ0) is 16.2. The van der Waals surface area contributed by atoms with Gasteiger partial charge in [-0.3, -0.25) is 9.69 Å². The van der Waals surface area contributed by atoms with E-state index in [1.807, 2.05) is 13.8 Å². The maximum Gasteiger partial charge on any atom is 0.252 e. The zero-order valence-electron chi connectivity index (χ0n) is 14.6. The third-order valence-corrected chi connectivity index (χ3v) is 3.98. The van der Waals surface area contributed by atoms with E-state index in [1.54, 1.807) is 0 Å². The summed E-state index contributed by atoms with van der Waals surface area (Å²) in [6, 6.07) is 4.28. The van der Waals surface area contributed by atoms with Crippen molar-refractivity contribution < 1.29 is 4.79 Å². The van der Waals surface area contributed by atoms with E-state index in [1.165, 1.54) is 5.56 Å². The molecule has 0 aliphatic rings. The number of nitrogens with one attached hydrogen (secondary N) is 1. The fourth-order valence-electron chi connectivity index (χ4n) is 2.47. The summed E-state index contributed by atoms with van der Waals surface area (Å²) in [5.41, 5.74) is 4.30. The number of hydrogen-bond acceptors (Lipinski definition) is 2. The summed E-state index contributed by atoms with van der Waals surface area (Å²) in [7, 11) is 0. The Morgan fingerprint density at radius 3 is 1.95 bits per heavy atom. The number of carbonyl (C=O) groups excluding carboxylic acids is 1. The summed E-state index contributed by atoms with van der Waals surface area (Å²) in [6.45, 7) is 17.3. The van der Waals surface area contributed by atoms with Crippen LogP contribution >= 0.6 is 0 Å². The molecular formula is C18H30N2O. The van der Waals surface area contributed by atoms with Crippen molar-refractivity contribution >= 4 is 5.91 Å². The van der Waals surface area contributed by atoms with Gasteiger partial charge in [-0.1, -0.05) is 46.8 Å². The van der Waals surface area contributed by atoms with Crippen molar-refractivity contribution in [1.82, 2.24) is 10.2 Å². The Labute approximate surface area is 129 Å². The topological polar surface area (TPSA) is 32.3 Å². The Morgan fingerprint density at radius 1 is 1.10 bits per heavy atom. The predicted molar refractivity (Wildman–Crippen MR) is 89.9 cm³/mol. The van der Waals surface area contributed by atoms with Gasteiger partial charge in [0.15, 0.2) is 0 Å². The van der Waals surface area contributed by atoms with Crippen molar-refractivity contribution in [3.05, 3.63) is 34.4 Å². The van der Waals surface area contributed by atoms with Crippen LogP contribution in [-0.2, 0) is 5.41 Å². The second kappa shape index (κ2) is 7.08. The van der Waals surface area contributed by atoms with Crippen LogP contribution in [0.2, 0.25) is 0 Å². The molecule has 0 fully saturated rings. The van der Waals surface area contributed by atoms with Crippen molar-refractivity contribution in [3.63, 3.8) is 0 Å². The molecule has 0 aliphatic heterocycles. The molecule has 3 heteroatoms. The van der Waals surface area contributed by atoms with Gasteiger partial charge in [0.2, 0.25) is 0 Å². The van der Waals surface area contributed by atoms with Gasteiger partial charge in [0.1, 0.15) is 0 Å². The summed E-state index contributed by atoms with van der Waals surface area (Å²) >= 11 is 0. The molecule has 0 spiro atoms. The first kappa shape index (κ1) is 17.7. The predicted octanol–water partition coefficient (Wildman–Crippen LogP) is 3.63. The average molecular weight is 290 g/mol. The molecule has 0 aliphatic carbocycles. The molecule has 0 bridgehead atoms. The van der Waals surface area contributed by atoms with Gasteiger partial charge in [-0.2, -0.15) is 0 Å². The largest absolute Gasteiger partial charge is 0.339 e. The highest BCUT2D eigenvalue weighted by Crippen LogP contribution is 2.26. The van der Waals surface area contributed by atoms with Crippen LogP contribution in [0.5, 0.6) is 0 Å². The van der Waals surface area contributed by atoms with Gasteiger partial charge < -0.3 is 5.32 Å². The zero-order valence-corrected chi connectivity index (χ0v) is 14.6. The molecule has 3 nitrogen and oxygen atoms in total. The van der Waals surface area contributed by atoms with Gasteiger partial charge in [0.25, 0.3) is 5.91 Å².